The molecule has 0 amide bonds. The van der Waals surface area contributed by atoms with Gasteiger partial charge in [0, 0.05) is 121 Å². The molecule has 20 aromatic carbocycles. The van der Waals surface area contributed by atoms with Gasteiger partial charge in [0.25, 0.3) is 0 Å². The summed E-state index contributed by atoms with van der Waals surface area (Å²) < 4.78 is 14.5. The first-order valence-electron chi connectivity index (χ1n) is 44.7. The molecule has 8 heteroatoms. The Labute approximate surface area is 746 Å². The van der Waals surface area contributed by atoms with Gasteiger partial charge in [-0.05, 0) is 267 Å². The van der Waals surface area contributed by atoms with E-state index < -0.39 is 0 Å². The van der Waals surface area contributed by atoms with Gasteiger partial charge in [-0.25, -0.2) is 9.97 Å². The monoisotopic (exact) mass is 1650 g/mol. The maximum Gasteiger partial charge on any atom is 0.160 e. The molecule has 1 aliphatic rings. The molecule has 7 aromatic heterocycles. The van der Waals surface area contributed by atoms with Crippen molar-refractivity contribution in [3.63, 3.8) is 0 Å². The fourth-order valence-corrected chi connectivity index (χ4v) is 21.9. The minimum Gasteiger partial charge on any atom is -0.309 e. The minimum absolute atomic E-state index is 0.655. The van der Waals surface area contributed by atoms with Crippen LogP contribution in [-0.4, -0.2) is 37.4 Å². The molecule has 0 radical (unpaired) electrons. The van der Waals surface area contributed by atoms with Crippen LogP contribution >= 0.6 is 0 Å². The van der Waals surface area contributed by atoms with Crippen LogP contribution in [0, 0.1) is 0 Å². The third-order valence-electron chi connectivity index (χ3n) is 27.7. The highest BCUT2D eigenvalue weighted by molar-refractivity contribution is 6.20. The number of rotatable bonds is 12. The van der Waals surface area contributed by atoms with E-state index >= 15 is 0 Å². The van der Waals surface area contributed by atoms with Crippen molar-refractivity contribution in [3.8, 4) is 124 Å². The Morgan fingerprint density at radius 2 is 0.392 bits per heavy atom. The van der Waals surface area contributed by atoms with Gasteiger partial charge in [0.05, 0.1) is 77.6 Å². The number of fused-ring (bicyclic) bond motifs is 21. The Hall–Kier alpha value is -17.5. The molecule has 0 aliphatic heterocycles. The van der Waals surface area contributed by atoms with E-state index in [4.69, 9.17) is 9.97 Å². The van der Waals surface area contributed by atoms with Crippen LogP contribution in [0.2, 0.25) is 0 Å². The van der Waals surface area contributed by atoms with Crippen LogP contribution in [0.1, 0.15) is 0 Å². The highest BCUT2D eigenvalue weighted by Gasteiger charge is 2.30. The number of aromatic nitrogens is 8. The largest absolute Gasteiger partial charge is 0.309 e. The molecule has 0 unspecified atom stereocenters. The molecule has 0 bridgehead atoms. The van der Waals surface area contributed by atoms with Gasteiger partial charge in [-0.3, -0.25) is 0 Å². The quantitative estimate of drug-likeness (QED) is 0.122. The summed E-state index contributed by atoms with van der Waals surface area (Å²) in [5, 5.41) is 16.8. The first-order chi connectivity index (χ1) is 64.5. The summed E-state index contributed by atoms with van der Waals surface area (Å²) in [6.45, 7) is 0. The van der Waals surface area contributed by atoms with Crippen LogP contribution in [0.25, 0.3) is 265 Å². The van der Waals surface area contributed by atoms with Gasteiger partial charge in [-0.2, -0.15) is 0 Å². The lowest BCUT2D eigenvalue weighted by atomic mass is 9.98. The third kappa shape index (κ3) is 10.8. The van der Waals surface area contributed by atoms with Crippen molar-refractivity contribution < 1.29 is 0 Å². The fraction of sp³-hybridized carbons (Fsp3) is 0. The molecule has 0 saturated carbocycles. The van der Waals surface area contributed by atoms with Crippen molar-refractivity contribution in [2.75, 3.05) is 0 Å². The average Bonchev–Trinajstić information content (AvgIpc) is 1.20. The smallest absolute Gasteiger partial charge is 0.160 e. The topological polar surface area (TPSA) is 55.4 Å². The molecule has 602 valence electrons. The maximum absolute atomic E-state index is 5.85. The van der Waals surface area contributed by atoms with Crippen LogP contribution < -0.4 is 0 Å². The van der Waals surface area contributed by atoms with Gasteiger partial charge in [0.15, 0.2) is 5.82 Å². The second-order valence-electron chi connectivity index (χ2n) is 34.7. The van der Waals surface area contributed by atoms with E-state index in [2.05, 4.69) is 476 Å². The Kier molecular flexibility index (Phi) is 15.5. The zero-order chi connectivity index (χ0) is 84.9. The van der Waals surface area contributed by atoms with Crippen molar-refractivity contribution in [2.45, 2.75) is 0 Å². The predicted octanol–water partition coefficient (Wildman–Crippen LogP) is 31.9. The molecule has 7 heterocycles. The number of benzene rings is 20. The second-order valence-corrected chi connectivity index (χ2v) is 34.7. The SMILES string of the molecule is c1ccc(-n2c3ccccc3c3cc(-c4ccc5c(c4)c4cc(-c6ccc7c(c6)c6ccccc6n7-c6ccccc6)ccc4n5-c4ccc(-c5nc(-c6cccc(-n7c8ccc(-c9ccc%10c(c9)c9ccccc9n%10-c9ccccc9)cc8c8cc(-c9ccc%10c(c9)c9ccccc9n%10-c9ccccc9)ccc87)c6)c6c(n5)-c5cccc7cccc-6c57)cc4)ccc32)cc1. The summed E-state index contributed by atoms with van der Waals surface area (Å²) in [4.78, 5) is 11.6. The molecule has 8 nitrogen and oxygen atoms in total. The zero-order valence-electron chi connectivity index (χ0n) is 70.3. The van der Waals surface area contributed by atoms with E-state index in [1.165, 1.54) is 109 Å². The van der Waals surface area contributed by atoms with E-state index in [-0.39, 0.29) is 0 Å². The van der Waals surface area contributed by atoms with E-state index in [9.17, 15) is 0 Å². The molecule has 0 spiro atoms. The van der Waals surface area contributed by atoms with Crippen LogP contribution in [0.4, 0.5) is 0 Å². The molecule has 0 saturated heterocycles. The lowest BCUT2D eigenvalue weighted by Gasteiger charge is -2.15. The summed E-state index contributed by atoms with van der Waals surface area (Å²) in [6.07, 6.45) is 0. The Bertz CT molecular complexity index is 9040. The maximum atomic E-state index is 5.85. The highest BCUT2D eigenvalue weighted by atomic mass is 15.0. The molecule has 27 aromatic rings. The Morgan fingerprint density at radius 1 is 0.146 bits per heavy atom. The number of nitrogens with zero attached hydrogens (tertiary/aromatic N) is 8. The van der Waals surface area contributed by atoms with Gasteiger partial charge in [0.1, 0.15) is 0 Å². The molecular weight excluding hydrogens is 1580 g/mol. The fourth-order valence-electron chi connectivity index (χ4n) is 21.9. The van der Waals surface area contributed by atoms with E-state index in [1.54, 1.807) is 0 Å². The number of hydrogen-bond acceptors (Lipinski definition) is 2. The zero-order valence-corrected chi connectivity index (χ0v) is 70.3. The van der Waals surface area contributed by atoms with Crippen LogP contribution in [-0.2, 0) is 0 Å². The Balaban J connectivity index is 0.594. The summed E-state index contributed by atoms with van der Waals surface area (Å²) in [5.41, 5.74) is 36.7. The third-order valence-corrected chi connectivity index (χ3v) is 27.7. The summed E-state index contributed by atoms with van der Waals surface area (Å²) in [5.74, 6) is 0.655. The van der Waals surface area contributed by atoms with E-state index in [0.29, 0.717) is 5.82 Å². The van der Waals surface area contributed by atoms with Gasteiger partial charge in [-0.1, -0.05) is 243 Å². The lowest BCUT2D eigenvalue weighted by molar-refractivity contribution is 1.16. The molecule has 0 fully saturated rings. The normalized spacial score (nSPS) is 12.2. The van der Waals surface area contributed by atoms with Crippen LogP contribution in [0.15, 0.2) is 449 Å². The molecular formula is C122H74N8. The molecule has 130 heavy (non-hydrogen) atoms. The Morgan fingerprint density at radius 3 is 0.723 bits per heavy atom. The number of para-hydroxylation sites is 8. The average molecular weight is 1650 g/mol. The number of hydrogen-bond donors (Lipinski definition) is 0. The first-order valence-corrected chi connectivity index (χ1v) is 44.7. The van der Waals surface area contributed by atoms with Crippen molar-refractivity contribution in [1.82, 2.24) is 37.4 Å². The van der Waals surface area contributed by atoms with Gasteiger partial charge in [-0.15, -0.1) is 0 Å². The molecule has 1 aliphatic carbocycles. The van der Waals surface area contributed by atoms with Gasteiger partial charge < -0.3 is 27.4 Å². The highest BCUT2D eigenvalue weighted by Crippen LogP contribution is 2.52. The second kappa shape index (κ2) is 28.0. The van der Waals surface area contributed by atoms with E-state index in [0.717, 1.165) is 151 Å². The lowest BCUT2D eigenvalue weighted by Crippen LogP contribution is -2.00. The standard InChI is InChI=1S/C122H74N8/c1-5-27-86(28-6-1)125-106-42-17-13-36-92(106)98-67-77(48-58-110(98)125)81-52-62-114-102(71-81)103-72-82(78-49-59-111-99(68-78)93-37-14-18-43-107(93)126(111)87-29-7-2-8-30-87)53-63-115(103)129(114)90-56-46-76(47-57-90)122-123-120(119-96-40-22-24-75-25-23-41-97(118(75)96)121(119)124-122)85-26-21-35-91(66-85)130-116-64-54-83(79-50-60-112-100(69-79)94-38-15-19-44-108(94)127(112)88-31-9-3-10-32-88)73-104(116)105-74-84(55-65-117(105)130)80-51-61-113-101(70-80)95-39-16-20-45-109(95)128(113)89-33-11-4-12-34-89/h1-74H. The van der Waals surface area contributed by atoms with Crippen LogP contribution in [0.5, 0.6) is 0 Å². The van der Waals surface area contributed by atoms with Crippen molar-refractivity contribution in [1.29, 1.82) is 0 Å². The van der Waals surface area contributed by atoms with Crippen molar-refractivity contribution in [3.05, 3.63) is 449 Å². The molecule has 28 rings (SSSR count). The van der Waals surface area contributed by atoms with Crippen molar-refractivity contribution >= 4 is 142 Å². The van der Waals surface area contributed by atoms with Crippen molar-refractivity contribution in [2.24, 2.45) is 0 Å². The summed E-state index contributed by atoms with van der Waals surface area (Å²) in [7, 11) is 0. The first kappa shape index (κ1) is 71.9. The van der Waals surface area contributed by atoms with E-state index in [1.807, 2.05) is 0 Å². The summed E-state index contributed by atoms with van der Waals surface area (Å²) >= 11 is 0. The molecule has 0 N–H and O–H groups in total. The van der Waals surface area contributed by atoms with Gasteiger partial charge in [0.2, 0.25) is 0 Å². The predicted molar refractivity (Wildman–Crippen MR) is 543 cm³/mol. The minimum atomic E-state index is 0.655. The molecule has 0 atom stereocenters. The van der Waals surface area contributed by atoms with Gasteiger partial charge >= 0.3 is 0 Å². The summed E-state index contributed by atoms with van der Waals surface area (Å²) in [6, 6.07) is 166. The van der Waals surface area contributed by atoms with Crippen LogP contribution in [0.3, 0.4) is 0 Å².